The van der Waals surface area contributed by atoms with E-state index < -0.39 is 0 Å². The summed E-state index contributed by atoms with van der Waals surface area (Å²) in [5, 5.41) is 15.5. The van der Waals surface area contributed by atoms with Crippen LogP contribution in [-0.2, 0) is 24.1 Å². The van der Waals surface area contributed by atoms with Crippen LogP contribution in [0.3, 0.4) is 0 Å². The van der Waals surface area contributed by atoms with Crippen molar-refractivity contribution in [1.29, 1.82) is 0 Å². The third kappa shape index (κ3) is 6.09. The summed E-state index contributed by atoms with van der Waals surface area (Å²) >= 11 is 0. The summed E-state index contributed by atoms with van der Waals surface area (Å²) in [7, 11) is 1.81. The zero-order valence-corrected chi connectivity index (χ0v) is 17.5. The number of rotatable bonds is 6. The Balaban J connectivity index is 0.00000225. The number of hydrogen-bond acceptors (Lipinski definition) is 4. The number of nitrogens with zero attached hydrogens (tertiary/aromatic N) is 4. The van der Waals surface area contributed by atoms with Gasteiger partial charge >= 0.3 is 0 Å². The van der Waals surface area contributed by atoms with Crippen LogP contribution in [0.5, 0.6) is 0 Å². The molecule has 1 unspecified atom stereocenters. The first-order valence-electron chi connectivity index (χ1n) is 9.34. The number of guanidine groups is 1. The predicted octanol–water partition coefficient (Wildman–Crippen LogP) is 1.90. The molecule has 2 aliphatic rings. The summed E-state index contributed by atoms with van der Waals surface area (Å²) in [5.74, 6) is 3.16. The second-order valence-electron chi connectivity index (χ2n) is 6.61. The number of ether oxygens (including phenoxy) is 1. The van der Waals surface area contributed by atoms with Gasteiger partial charge in [0, 0.05) is 46.1 Å². The highest BCUT2D eigenvalue weighted by Gasteiger charge is 2.16. The van der Waals surface area contributed by atoms with Gasteiger partial charge in [0.2, 0.25) is 0 Å². The van der Waals surface area contributed by atoms with E-state index in [9.17, 15) is 0 Å². The minimum atomic E-state index is 0. The van der Waals surface area contributed by atoms with E-state index in [2.05, 4.69) is 30.4 Å². The molecule has 7 nitrogen and oxygen atoms in total. The van der Waals surface area contributed by atoms with E-state index in [0.717, 1.165) is 63.7 Å². The number of fused-ring (bicyclic) bond motifs is 1. The summed E-state index contributed by atoms with van der Waals surface area (Å²) in [4.78, 5) is 4.27. The zero-order valence-electron chi connectivity index (χ0n) is 15.2. The van der Waals surface area contributed by atoms with Crippen molar-refractivity contribution in [2.24, 2.45) is 4.99 Å². The van der Waals surface area contributed by atoms with Gasteiger partial charge in [0.1, 0.15) is 11.6 Å². The Morgan fingerprint density at radius 1 is 1.24 bits per heavy atom. The van der Waals surface area contributed by atoms with Crippen LogP contribution in [0.4, 0.5) is 0 Å². The Kier molecular flexibility index (Phi) is 8.94. The fraction of sp³-hybridized carbons (Fsp3) is 0.824. The highest BCUT2D eigenvalue weighted by molar-refractivity contribution is 14.0. The van der Waals surface area contributed by atoms with Crippen molar-refractivity contribution in [2.75, 3.05) is 26.7 Å². The first-order chi connectivity index (χ1) is 11.9. The van der Waals surface area contributed by atoms with Gasteiger partial charge in [-0.25, -0.2) is 0 Å². The highest BCUT2D eigenvalue weighted by Crippen LogP contribution is 2.15. The Morgan fingerprint density at radius 2 is 2.16 bits per heavy atom. The molecular formula is C17H31IN6O. The molecule has 1 saturated heterocycles. The van der Waals surface area contributed by atoms with E-state index >= 15 is 0 Å². The molecule has 2 N–H and O–H groups in total. The van der Waals surface area contributed by atoms with Gasteiger partial charge in [0.15, 0.2) is 5.96 Å². The van der Waals surface area contributed by atoms with Gasteiger partial charge in [0.25, 0.3) is 0 Å². The largest absolute Gasteiger partial charge is 0.376 e. The van der Waals surface area contributed by atoms with Crippen LogP contribution in [0.25, 0.3) is 0 Å². The lowest BCUT2D eigenvalue weighted by Crippen LogP contribution is -2.41. The Hall–Kier alpha value is -0.900. The predicted molar refractivity (Wildman–Crippen MR) is 110 cm³/mol. The van der Waals surface area contributed by atoms with Crippen molar-refractivity contribution in [3.8, 4) is 0 Å². The van der Waals surface area contributed by atoms with Crippen LogP contribution in [0, 0.1) is 0 Å². The monoisotopic (exact) mass is 462 g/mol. The minimum Gasteiger partial charge on any atom is -0.376 e. The molecular weight excluding hydrogens is 431 g/mol. The minimum absolute atomic E-state index is 0. The lowest BCUT2D eigenvalue weighted by molar-refractivity contribution is 0.114. The standard InChI is InChI=1S/C17H30N6O.HI/c1-18-17(20-13-14-7-6-12-24-14)19-10-5-9-16-22-21-15-8-3-2-4-11-23(15)16;/h14H,2-13H2,1H3,(H2,18,19,20);1H. The number of hydrogen-bond donors (Lipinski definition) is 2. The lowest BCUT2D eigenvalue weighted by Gasteiger charge is -2.15. The first kappa shape index (κ1) is 20.4. The second kappa shape index (κ2) is 10.9. The molecule has 1 aromatic heterocycles. The van der Waals surface area contributed by atoms with Crippen LogP contribution in [0.2, 0.25) is 0 Å². The molecule has 1 aromatic rings. The average molecular weight is 462 g/mol. The molecule has 3 heterocycles. The maximum atomic E-state index is 5.62. The summed E-state index contributed by atoms with van der Waals surface area (Å²) in [6, 6.07) is 0. The normalized spacial score (nSPS) is 20.5. The van der Waals surface area contributed by atoms with E-state index in [0.29, 0.717) is 6.10 Å². The van der Waals surface area contributed by atoms with Crippen LogP contribution >= 0.6 is 24.0 Å². The summed E-state index contributed by atoms with van der Waals surface area (Å²) in [6.45, 7) is 3.68. The van der Waals surface area contributed by atoms with E-state index in [1.54, 1.807) is 0 Å². The van der Waals surface area contributed by atoms with Gasteiger partial charge in [-0.3, -0.25) is 4.99 Å². The third-order valence-electron chi connectivity index (χ3n) is 4.80. The number of aromatic nitrogens is 3. The van der Waals surface area contributed by atoms with Crippen LogP contribution in [0.1, 0.15) is 50.2 Å². The van der Waals surface area contributed by atoms with Gasteiger partial charge in [-0.1, -0.05) is 6.42 Å². The SMILES string of the molecule is CN=C(NCCCc1nnc2n1CCCCC2)NCC1CCCO1.I. The molecule has 0 bridgehead atoms. The van der Waals surface area contributed by atoms with Crippen molar-refractivity contribution in [2.45, 2.75) is 64.0 Å². The zero-order chi connectivity index (χ0) is 16.6. The molecule has 3 rings (SSSR count). The van der Waals surface area contributed by atoms with Gasteiger partial charge in [-0.05, 0) is 32.1 Å². The quantitative estimate of drug-likeness (QED) is 0.292. The molecule has 1 fully saturated rings. The van der Waals surface area contributed by atoms with E-state index in [1.807, 2.05) is 7.05 Å². The number of aryl methyl sites for hydroxylation is 2. The van der Waals surface area contributed by atoms with E-state index in [1.165, 1.54) is 31.5 Å². The van der Waals surface area contributed by atoms with Crippen molar-refractivity contribution < 1.29 is 4.74 Å². The second-order valence-corrected chi connectivity index (χ2v) is 6.61. The summed E-state index contributed by atoms with van der Waals surface area (Å²) in [5.41, 5.74) is 0. The van der Waals surface area contributed by atoms with Crippen LogP contribution in [-0.4, -0.2) is 53.6 Å². The molecule has 8 heteroatoms. The fourth-order valence-electron chi connectivity index (χ4n) is 3.42. The fourth-order valence-corrected chi connectivity index (χ4v) is 3.42. The molecule has 142 valence electrons. The van der Waals surface area contributed by atoms with E-state index in [4.69, 9.17) is 4.74 Å². The molecule has 0 saturated carbocycles. The summed E-state index contributed by atoms with van der Waals surface area (Å²) in [6.07, 6.45) is 9.49. The Morgan fingerprint density at radius 3 is 2.96 bits per heavy atom. The molecule has 1 atom stereocenters. The van der Waals surface area contributed by atoms with Crippen molar-refractivity contribution in [3.63, 3.8) is 0 Å². The maximum Gasteiger partial charge on any atom is 0.191 e. The van der Waals surface area contributed by atoms with Crippen molar-refractivity contribution >= 4 is 29.9 Å². The van der Waals surface area contributed by atoms with Crippen molar-refractivity contribution in [1.82, 2.24) is 25.4 Å². The molecule has 0 amide bonds. The molecule has 0 aliphatic carbocycles. The van der Waals surface area contributed by atoms with Gasteiger partial charge in [-0.2, -0.15) is 0 Å². The first-order valence-corrected chi connectivity index (χ1v) is 9.34. The smallest absolute Gasteiger partial charge is 0.191 e. The topological polar surface area (TPSA) is 76.4 Å². The number of nitrogens with one attached hydrogen (secondary N) is 2. The number of aliphatic imine (C=N–C) groups is 1. The van der Waals surface area contributed by atoms with Gasteiger partial charge < -0.3 is 19.9 Å². The van der Waals surface area contributed by atoms with Gasteiger partial charge in [0.05, 0.1) is 6.10 Å². The Labute approximate surface area is 167 Å². The molecule has 0 spiro atoms. The highest BCUT2D eigenvalue weighted by atomic mass is 127. The van der Waals surface area contributed by atoms with Crippen LogP contribution < -0.4 is 10.6 Å². The van der Waals surface area contributed by atoms with Crippen LogP contribution in [0.15, 0.2) is 4.99 Å². The maximum absolute atomic E-state index is 5.62. The Bertz CT molecular complexity index is 541. The average Bonchev–Trinajstić information content (AvgIpc) is 3.19. The third-order valence-corrected chi connectivity index (χ3v) is 4.80. The van der Waals surface area contributed by atoms with E-state index in [-0.39, 0.29) is 24.0 Å². The lowest BCUT2D eigenvalue weighted by atomic mass is 10.2. The number of halogens is 1. The van der Waals surface area contributed by atoms with Gasteiger partial charge in [-0.15, -0.1) is 34.2 Å². The molecule has 0 aromatic carbocycles. The molecule has 2 aliphatic heterocycles. The molecule has 25 heavy (non-hydrogen) atoms. The summed E-state index contributed by atoms with van der Waals surface area (Å²) < 4.78 is 7.95. The van der Waals surface area contributed by atoms with Crippen molar-refractivity contribution in [3.05, 3.63) is 11.6 Å². The molecule has 0 radical (unpaired) electrons.